The van der Waals surface area contributed by atoms with Crippen LogP contribution in [-0.4, -0.2) is 41.3 Å². The van der Waals surface area contributed by atoms with Gasteiger partial charge in [-0.2, -0.15) is 9.97 Å². The lowest BCUT2D eigenvalue weighted by molar-refractivity contribution is 0.301. The Morgan fingerprint density at radius 1 is 1.56 bits per heavy atom. The van der Waals surface area contributed by atoms with Crippen LogP contribution in [0.3, 0.4) is 0 Å². The monoisotopic (exact) mass is 223 g/mol. The van der Waals surface area contributed by atoms with Gasteiger partial charge in [0, 0.05) is 25.7 Å². The molecule has 0 saturated heterocycles. The molecule has 1 aliphatic rings. The predicted octanol–water partition coefficient (Wildman–Crippen LogP) is 0.0616. The first-order valence-corrected chi connectivity index (χ1v) is 5.44. The van der Waals surface area contributed by atoms with E-state index in [1.807, 2.05) is 6.07 Å². The van der Waals surface area contributed by atoms with E-state index in [4.69, 9.17) is 10.8 Å². The SMILES string of the molecule is CNc1cc(N(CCO)C2CC2)nc(N)n1. The normalized spacial score (nSPS) is 14.9. The quantitative estimate of drug-likeness (QED) is 0.654. The summed E-state index contributed by atoms with van der Waals surface area (Å²) in [7, 11) is 1.79. The van der Waals surface area contributed by atoms with E-state index in [9.17, 15) is 0 Å². The smallest absolute Gasteiger partial charge is 0.223 e. The van der Waals surface area contributed by atoms with Crippen LogP contribution in [0.4, 0.5) is 17.6 Å². The third-order valence-corrected chi connectivity index (χ3v) is 2.61. The van der Waals surface area contributed by atoms with Gasteiger partial charge in [-0.15, -0.1) is 0 Å². The fourth-order valence-electron chi connectivity index (χ4n) is 1.71. The van der Waals surface area contributed by atoms with E-state index in [0.717, 1.165) is 18.7 Å². The lowest BCUT2D eigenvalue weighted by Crippen LogP contribution is -2.30. The number of aromatic nitrogens is 2. The molecule has 0 amide bonds. The molecule has 1 heterocycles. The summed E-state index contributed by atoms with van der Waals surface area (Å²) < 4.78 is 0. The highest BCUT2D eigenvalue weighted by molar-refractivity contribution is 5.53. The molecule has 0 aromatic carbocycles. The number of hydrogen-bond acceptors (Lipinski definition) is 6. The van der Waals surface area contributed by atoms with E-state index < -0.39 is 0 Å². The Bertz CT molecular complexity index is 366. The topological polar surface area (TPSA) is 87.3 Å². The number of nitrogens with zero attached hydrogens (tertiary/aromatic N) is 3. The molecule has 1 aliphatic carbocycles. The molecular weight excluding hydrogens is 206 g/mol. The number of aliphatic hydroxyl groups excluding tert-OH is 1. The van der Waals surface area contributed by atoms with Crippen LogP contribution in [0.1, 0.15) is 12.8 Å². The van der Waals surface area contributed by atoms with Crippen LogP contribution in [0, 0.1) is 0 Å². The molecule has 1 fully saturated rings. The molecule has 0 unspecified atom stereocenters. The molecule has 2 rings (SSSR count). The molecule has 1 aromatic rings. The van der Waals surface area contributed by atoms with Gasteiger partial charge in [0.05, 0.1) is 6.61 Å². The van der Waals surface area contributed by atoms with Gasteiger partial charge in [0.2, 0.25) is 5.95 Å². The Morgan fingerprint density at radius 3 is 2.88 bits per heavy atom. The van der Waals surface area contributed by atoms with Gasteiger partial charge in [-0.1, -0.05) is 0 Å². The summed E-state index contributed by atoms with van der Waals surface area (Å²) in [6, 6.07) is 2.34. The second-order valence-electron chi connectivity index (χ2n) is 3.87. The van der Waals surface area contributed by atoms with Crippen LogP contribution in [-0.2, 0) is 0 Å². The van der Waals surface area contributed by atoms with Crippen molar-refractivity contribution in [3.63, 3.8) is 0 Å². The van der Waals surface area contributed by atoms with Crippen LogP contribution in [0.5, 0.6) is 0 Å². The Morgan fingerprint density at radius 2 is 2.31 bits per heavy atom. The average molecular weight is 223 g/mol. The number of nitrogens with two attached hydrogens (primary N) is 1. The van der Waals surface area contributed by atoms with Crippen molar-refractivity contribution < 1.29 is 5.11 Å². The van der Waals surface area contributed by atoms with Gasteiger partial charge in [0.15, 0.2) is 0 Å². The van der Waals surface area contributed by atoms with Gasteiger partial charge in [-0.05, 0) is 12.8 Å². The maximum Gasteiger partial charge on any atom is 0.223 e. The molecule has 0 bridgehead atoms. The molecule has 0 aliphatic heterocycles. The maximum absolute atomic E-state index is 9.04. The minimum atomic E-state index is 0.120. The third kappa shape index (κ3) is 2.33. The van der Waals surface area contributed by atoms with Gasteiger partial charge in [0.25, 0.3) is 0 Å². The summed E-state index contributed by atoms with van der Waals surface area (Å²) in [6.45, 7) is 0.708. The number of rotatable bonds is 5. The molecule has 6 heteroatoms. The molecule has 0 spiro atoms. The van der Waals surface area contributed by atoms with Crippen LogP contribution in [0.15, 0.2) is 6.07 Å². The summed E-state index contributed by atoms with van der Waals surface area (Å²) in [5, 5.41) is 12.0. The zero-order chi connectivity index (χ0) is 11.5. The molecule has 16 heavy (non-hydrogen) atoms. The van der Waals surface area contributed by atoms with E-state index >= 15 is 0 Å². The van der Waals surface area contributed by atoms with Crippen molar-refractivity contribution >= 4 is 17.6 Å². The van der Waals surface area contributed by atoms with Crippen LogP contribution in [0.25, 0.3) is 0 Å². The Kier molecular flexibility index (Phi) is 3.09. The highest BCUT2D eigenvalue weighted by Gasteiger charge is 2.30. The van der Waals surface area contributed by atoms with Crippen molar-refractivity contribution in [2.45, 2.75) is 18.9 Å². The largest absolute Gasteiger partial charge is 0.395 e. The zero-order valence-electron chi connectivity index (χ0n) is 9.35. The number of nitrogen functional groups attached to an aromatic ring is 1. The highest BCUT2D eigenvalue weighted by atomic mass is 16.3. The maximum atomic E-state index is 9.04. The van der Waals surface area contributed by atoms with Crippen LogP contribution in [0.2, 0.25) is 0 Å². The second-order valence-corrected chi connectivity index (χ2v) is 3.87. The molecule has 0 radical (unpaired) electrons. The summed E-state index contributed by atoms with van der Waals surface area (Å²) in [6.07, 6.45) is 2.30. The number of hydrogen-bond donors (Lipinski definition) is 3. The molecule has 6 nitrogen and oxygen atoms in total. The fraction of sp³-hybridized carbons (Fsp3) is 0.600. The second kappa shape index (κ2) is 4.52. The molecule has 88 valence electrons. The number of anilines is 3. The first-order valence-electron chi connectivity index (χ1n) is 5.44. The van der Waals surface area contributed by atoms with Crippen molar-refractivity contribution in [1.82, 2.24) is 9.97 Å². The lowest BCUT2D eigenvalue weighted by Gasteiger charge is -2.22. The molecule has 1 aromatic heterocycles. The summed E-state index contributed by atoms with van der Waals surface area (Å²) >= 11 is 0. The average Bonchev–Trinajstić information content (AvgIpc) is 3.08. The van der Waals surface area contributed by atoms with Gasteiger partial charge in [0.1, 0.15) is 11.6 Å². The zero-order valence-corrected chi connectivity index (χ0v) is 9.35. The Labute approximate surface area is 94.5 Å². The minimum absolute atomic E-state index is 0.120. The third-order valence-electron chi connectivity index (χ3n) is 2.61. The van der Waals surface area contributed by atoms with Gasteiger partial charge in [-0.3, -0.25) is 0 Å². The van der Waals surface area contributed by atoms with Crippen molar-refractivity contribution in [3.8, 4) is 0 Å². The fourth-order valence-corrected chi connectivity index (χ4v) is 1.71. The van der Waals surface area contributed by atoms with E-state index in [0.29, 0.717) is 18.4 Å². The van der Waals surface area contributed by atoms with Crippen LogP contribution < -0.4 is 16.0 Å². The van der Waals surface area contributed by atoms with Crippen LogP contribution >= 0.6 is 0 Å². The van der Waals surface area contributed by atoms with Crippen molar-refractivity contribution in [3.05, 3.63) is 6.07 Å². The lowest BCUT2D eigenvalue weighted by atomic mass is 10.4. The highest BCUT2D eigenvalue weighted by Crippen LogP contribution is 2.31. The Balaban J connectivity index is 2.25. The summed E-state index contributed by atoms with van der Waals surface area (Å²) in [4.78, 5) is 10.3. The van der Waals surface area contributed by atoms with E-state index in [-0.39, 0.29) is 12.6 Å². The molecule has 4 N–H and O–H groups in total. The van der Waals surface area contributed by atoms with Gasteiger partial charge in [-0.25, -0.2) is 0 Å². The first kappa shape index (κ1) is 10.9. The molecule has 0 atom stereocenters. The van der Waals surface area contributed by atoms with Gasteiger partial charge < -0.3 is 21.1 Å². The van der Waals surface area contributed by atoms with E-state index in [1.165, 1.54) is 0 Å². The summed E-state index contributed by atoms with van der Waals surface area (Å²) in [5.74, 6) is 1.74. The number of aliphatic hydroxyl groups is 1. The minimum Gasteiger partial charge on any atom is -0.395 e. The van der Waals surface area contributed by atoms with Crippen molar-refractivity contribution in [2.75, 3.05) is 36.1 Å². The first-order chi connectivity index (χ1) is 7.74. The van der Waals surface area contributed by atoms with Crippen molar-refractivity contribution in [2.24, 2.45) is 0 Å². The van der Waals surface area contributed by atoms with Gasteiger partial charge >= 0.3 is 0 Å². The number of nitrogens with one attached hydrogen (secondary N) is 1. The van der Waals surface area contributed by atoms with Crippen molar-refractivity contribution in [1.29, 1.82) is 0 Å². The Hall–Kier alpha value is -1.56. The summed E-state index contributed by atoms with van der Waals surface area (Å²) in [5.41, 5.74) is 5.64. The van der Waals surface area contributed by atoms with E-state index in [2.05, 4.69) is 20.2 Å². The predicted molar refractivity (Wildman–Crippen MR) is 63.4 cm³/mol. The van der Waals surface area contributed by atoms with E-state index in [1.54, 1.807) is 7.05 Å². The molecule has 1 saturated carbocycles. The standard InChI is InChI=1S/C10H17N5O/c1-12-8-6-9(14-10(11)13-8)15(4-5-16)7-2-3-7/h6-7,16H,2-5H2,1H3,(H3,11,12,13,14). The molecular formula is C10H17N5O.